The van der Waals surface area contributed by atoms with Crippen molar-refractivity contribution >= 4 is 5.91 Å². The third kappa shape index (κ3) is 2.52. The van der Waals surface area contributed by atoms with Gasteiger partial charge in [-0.2, -0.15) is 0 Å². The van der Waals surface area contributed by atoms with Crippen LogP contribution in [0.15, 0.2) is 0 Å². The normalized spacial score (nSPS) is 46.3. The largest absolute Gasteiger partial charge is 0.352 e. The van der Waals surface area contributed by atoms with Crippen LogP contribution in [0.2, 0.25) is 0 Å². The summed E-state index contributed by atoms with van der Waals surface area (Å²) in [6.07, 6.45) is 12.0. The van der Waals surface area contributed by atoms with Gasteiger partial charge in [-0.15, -0.1) is 0 Å². The second-order valence-corrected chi connectivity index (χ2v) is 8.51. The molecule has 5 aliphatic rings. The van der Waals surface area contributed by atoms with Crippen molar-refractivity contribution in [1.82, 2.24) is 10.6 Å². The van der Waals surface area contributed by atoms with Crippen LogP contribution < -0.4 is 10.6 Å². The molecule has 1 aliphatic heterocycles. The van der Waals surface area contributed by atoms with Gasteiger partial charge in [0.05, 0.1) is 6.04 Å². The Morgan fingerprint density at radius 2 is 1.71 bits per heavy atom. The van der Waals surface area contributed by atoms with Crippen molar-refractivity contribution in [3.8, 4) is 0 Å². The maximum Gasteiger partial charge on any atom is 0.237 e. The van der Waals surface area contributed by atoms with Gasteiger partial charge in [0.2, 0.25) is 5.91 Å². The van der Waals surface area contributed by atoms with E-state index in [4.69, 9.17) is 0 Å². The molecule has 0 aromatic carbocycles. The van der Waals surface area contributed by atoms with Crippen molar-refractivity contribution in [3.05, 3.63) is 0 Å². The molecule has 5 fully saturated rings. The van der Waals surface area contributed by atoms with Crippen LogP contribution in [0.25, 0.3) is 0 Å². The van der Waals surface area contributed by atoms with Gasteiger partial charge in [0, 0.05) is 6.04 Å². The Bertz CT molecular complexity index is 378. The van der Waals surface area contributed by atoms with Crippen molar-refractivity contribution in [2.24, 2.45) is 23.2 Å². The molecule has 2 atom stereocenters. The lowest BCUT2D eigenvalue weighted by Gasteiger charge is -2.59. The number of carbonyl (C=O) groups excluding carboxylic acids is 1. The van der Waals surface area contributed by atoms with Gasteiger partial charge in [0.15, 0.2) is 0 Å². The molecule has 0 unspecified atom stereocenters. The zero-order chi connectivity index (χ0) is 14.4. The first-order valence-corrected chi connectivity index (χ1v) is 9.18. The lowest BCUT2D eigenvalue weighted by atomic mass is 9.48. The molecule has 1 saturated heterocycles. The molecular weight excluding hydrogens is 260 g/mol. The Morgan fingerprint density at radius 1 is 1.10 bits per heavy atom. The molecule has 118 valence electrons. The summed E-state index contributed by atoms with van der Waals surface area (Å²) in [4.78, 5) is 12.5. The van der Waals surface area contributed by atoms with Crippen LogP contribution in [0.5, 0.6) is 0 Å². The van der Waals surface area contributed by atoms with Crippen LogP contribution in [0.4, 0.5) is 0 Å². The number of carbonyl (C=O) groups is 1. The van der Waals surface area contributed by atoms with Crippen molar-refractivity contribution in [2.45, 2.75) is 76.8 Å². The number of piperidine rings is 1. The molecule has 4 saturated carbocycles. The Balaban J connectivity index is 1.42. The molecule has 5 rings (SSSR count). The summed E-state index contributed by atoms with van der Waals surface area (Å²) in [5.41, 5.74) is 0.430. The van der Waals surface area contributed by atoms with E-state index in [1.54, 1.807) is 0 Å². The molecule has 3 nitrogen and oxygen atoms in total. The van der Waals surface area contributed by atoms with Crippen molar-refractivity contribution in [1.29, 1.82) is 0 Å². The minimum atomic E-state index is 0.0649. The van der Waals surface area contributed by atoms with Gasteiger partial charge >= 0.3 is 0 Å². The molecule has 0 radical (unpaired) electrons. The fourth-order valence-electron chi connectivity index (χ4n) is 6.25. The minimum absolute atomic E-state index is 0.0649. The zero-order valence-electron chi connectivity index (χ0n) is 13.4. The zero-order valence-corrected chi connectivity index (χ0v) is 13.4. The molecule has 21 heavy (non-hydrogen) atoms. The standard InChI is InChI=1S/C18H30N2O/c1-12(20-17(21)16-4-2-3-5-19-16)18-9-13-6-14(10-18)8-15(7-13)11-18/h12-16,19H,2-11H2,1H3,(H,20,21)/t12-,13?,14?,15?,16+,18?/m1/s1. The Kier molecular flexibility index (Phi) is 3.52. The fourth-order valence-corrected chi connectivity index (χ4v) is 6.25. The highest BCUT2D eigenvalue weighted by molar-refractivity contribution is 5.82. The quantitative estimate of drug-likeness (QED) is 0.839. The van der Waals surface area contributed by atoms with Crippen LogP contribution in [0.3, 0.4) is 0 Å². The summed E-state index contributed by atoms with van der Waals surface area (Å²) in [6.45, 7) is 3.29. The van der Waals surface area contributed by atoms with Gasteiger partial charge < -0.3 is 10.6 Å². The average molecular weight is 290 g/mol. The Labute approximate surface area is 128 Å². The van der Waals surface area contributed by atoms with Crippen LogP contribution in [0, 0.1) is 23.2 Å². The molecule has 0 aromatic rings. The van der Waals surface area contributed by atoms with Gasteiger partial charge in [-0.1, -0.05) is 6.42 Å². The average Bonchev–Trinajstić information content (AvgIpc) is 2.46. The van der Waals surface area contributed by atoms with E-state index in [1.807, 2.05) is 0 Å². The smallest absolute Gasteiger partial charge is 0.237 e. The second-order valence-electron chi connectivity index (χ2n) is 8.51. The SMILES string of the molecule is C[C@@H](NC(=O)[C@@H]1CCCCN1)C12CC3CC(CC(C3)C1)C2. The molecule has 1 amide bonds. The first-order valence-electron chi connectivity index (χ1n) is 9.18. The fraction of sp³-hybridized carbons (Fsp3) is 0.944. The summed E-state index contributed by atoms with van der Waals surface area (Å²) < 4.78 is 0. The van der Waals surface area contributed by atoms with Crippen LogP contribution in [0.1, 0.15) is 64.7 Å². The number of nitrogens with one attached hydrogen (secondary N) is 2. The molecule has 4 aliphatic carbocycles. The molecular formula is C18H30N2O. The molecule has 3 heteroatoms. The predicted molar refractivity (Wildman–Crippen MR) is 83.9 cm³/mol. The van der Waals surface area contributed by atoms with Gasteiger partial charge in [-0.05, 0) is 88.0 Å². The molecule has 2 N–H and O–H groups in total. The van der Waals surface area contributed by atoms with E-state index < -0.39 is 0 Å². The lowest BCUT2D eigenvalue weighted by Crippen LogP contribution is -2.58. The first-order chi connectivity index (χ1) is 10.1. The van der Waals surface area contributed by atoms with Crippen molar-refractivity contribution < 1.29 is 4.79 Å². The van der Waals surface area contributed by atoms with E-state index in [0.29, 0.717) is 11.5 Å². The Hall–Kier alpha value is -0.570. The lowest BCUT2D eigenvalue weighted by molar-refractivity contribution is -0.128. The molecule has 1 heterocycles. The van der Waals surface area contributed by atoms with E-state index >= 15 is 0 Å². The van der Waals surface area contributed by atoms with Gasteiger partial charge in [0.1, 0.15) is 0 Å². The summed E-state index contributed by atoms with van der Waals surface area (Å²) in [5, 5.41) is 6.79. The number of hydrogen-bond acceptors (Lipinski definition) is 2. The molecule has 4 bridgehead atoms. The third-order valence-electron chi connectivity index (χ3n) is 6.99. The van der Waals surface area contributed by atoms with E-state index in [2.05, 4.69) is 17.6 Å². The van der Waals surface area contributed by atoms with Gasteiger partial charge in [-0.25, -0.2) is 0 Å². The highest BCUT2D eigenvalue weighted by Gasteiger charge is 2.53. The monoisotopic (exact) mass is 290 g/mol. The molecule has 0 aromatic heterocycles. The third-order valence-corrected chi connectivity index (χ3v) is 6.99. The van der Waals surface area contributed by atoms with Crippen molar-refractivity contribution in [3.63, 3.8) is 0 Å². The highest BCUT2D eigenvalue weighted by atomic mass is 16.2. The van der Waals surface area contributed by atoms with Gasteiger partial charge in [-0.3, -0.25) is 4.79 Å². The maximum atomic E-state index is 12.5. The van der Waals surface area contributed by atoms with E-state index in [9.17, 15) is 4.79 Å². The van der Waals surface area contributed by atoms with Crippen LogP contribution >= 0.6 is 0 Å². The van der Waals surface area contributed by atoms with E-state index in [0.717, 1.165) is 30.7 Å². The topological polar surface area (TPSA) is 41.1 Å². The van der Waals surface area contributed by atoms with Crippen LogP contribution in [-0.4, -0.2) is 24.5 Å². The molecule has 0 spiro atoms. The number of rotatable bonds is 3. The van der Waals surface area contributed by atoms with Crippen LogP contribution in [-0.2, 0) is 4.79 Å². The first kappa shape index (κ1) is 14.0. The Morgan fingerprint density at radius 3 is 2.24 bits per heavy atom. The summed E-state index contributed by atoms with van der Waals surface area (Å²) in [7, 11) is 0. The van der Waals surface area contributed by atoms with Crippen molar-refractivity contribution in [2.75, 3.05) is 6.54 Å². The minimum Gasteiger partial charge on any atom is -0.352 e. The van der Waals surface area contributed by atoms with Gasteiger partial charge in [0.25, 0.3) is 0 Å². The van der Waals surface area contributed by atoms with E-state index in [-0.39, 0.29) is 11.9 Å². The number of hydrogen-bond donors (Lipinski definition) is 2. The predicted octanol–water partition coefficient (Wildman–Crippen LogP) is 2.85. The summed E-state index contributed by atoms with van der Waals surface area (Å²) >= 11 is 0. The maximum absolute atomic E-state index is 12.5. The summed E-state index contributed by atoms with van der Waals surface area (Å²) in [5.74, 6) is 3.15. The summed E-state index contributed by atoms with van der Waals surface area (Å²) in [6, 6.07) is 0.428. The number of amides is 1. The second kappa shape index (κ2) is 5.26. The highest BCUT2D eigenvalue weighted by Crippen LogP contribution is 2.61. The van der Waals surface area contributed by atoms with E-state index in [1.165, 1.54) is 51.4 Å².